The third-order valence-electron chi connectivity index (χ3n) is 1.36. The van der Waals surface area contributed by atoms with Crippen molar-refractivity contribution in [2.75, 3.05) is 0 Å². The molecule has 0 heterocycles. The van der Waals surface area contributed by atoms with Crippen molar-refractivity contribution in [1.82, 2.24) is 0 Å². The molecule has 0 spiro atoms. The van der Waals surface area contributed by atoms with Crippen LogP contribution in [-0.4, -0.2) is 18.4 Å². The Bertz CT molecular complexity index is 519. The number of benzene rings is 1. The molecule has 0 atom stereocenters. The fourth-order valence-corrected chi connectivity index (χ4v) is 2.43. The molecule has 0 unspecified atom stereocenters. The van der Waals surface area contributed by atoms with Crippen LogP contribution in [0.1, 0.15) is 0 Å². The van der Waals surface area contributed by atoms with Crippen molar-refractivity contribution < 1.29 is 39.7 Å². The zero-order valence-electron chi connectivity index (χ0n) is 7.77. The fraction of sp³-hybridized carbons (Fsp3) is 0. The second-order valence-electron chi connectivity index (χ2n) is 2.41. The van der Waals surface area contributed by atoms with Gasteiger partial charge in [-0.25, -0.2) is 0 Å². The van der Waals surface area contributed by atoms with E-state index in [1.807, 2.05) is 0 Å². The summed E-state index contributed by atoms with van der Waals surface area (Å²) in [7, 11) is -4.80. The van der Waals surface area contributed by atoms with E-state index in [0.29, 0.717) is 0 Å². The van der Waals surface area contributed by atoms with Gasteiger partial charge in [-0.15, -0.1) is 0 Å². The number of hydrogen-bond donors (Lipinski definition) is 1. The molecule has 0 saturated carbocycles. The van der Waals surface area contributed by atoms with E-state index < -0.39 is 16.1 Å². The van der Waals surface area contributed by atoms with Crippen molar-refractivity contribution in [1.29, 1.82) is 0 Å². The normalized spacial score (nSPS) is 10.3. The Morgan fingerprint density at radius 1 is 0.833 bits per heavy atom. The van der Waals surface area contributed by atoms with Gasteiger partial charge in [-0.1, -0.05) is 58.0 Å². The van der Waals surface area contributed by atoms with Gasteiger partial charge in [0.2, 0.25) is 0 Å². The molecule has 0 aliphatic rings. The van der Waals surface area contributed by atoms with Crippen molar-refractivity contribution in [3.63, 3.8) is 0 Å². The first kappa shape index (κ1) is 21.2. The molecule has 0 fully saturated rings. The molecule has 1 aromatic carbocycles. The Balaban J connectivity index is 0. The van der Waals surface area contributed by atoms with E-state index in [1.165, 1.54) is 0 Å². The summed E-state index contributed by atoms with van der Waals surface area (Å²) < 4.78 is 33.6. The summed E-state index contributed by atoms with van der Waals surface area (Å²) in [5, 5.41) is -1.38. The topological polar surface area (TPSA) is 95.1 Å². The van der Waals surface area contributed by atoms with Gasteiger partial charge in [-0.2, -0.15) is 8.42 Å². The Kier molecular flexibility index (Phi) is 8.93. The summed E-state index contributed by atoms with van der Waals surface area (Å²) in [6.07, 6.45) is 0. The van der Waals surface area contributed by atoms with Gasteiger partial charge in [-0.05, 0) is 0 Å². The van der Waals surface area contributed by atoms with Crippen LogP contribution in [0, 0.1) is 0 Å². The SMILES string of the molecule is O.O=S(=O)(O)Oc1c(Cl)c(Cl)c(Cl)c(Cl)c1Cl.[Cu]. The van der Waals surface area contributed by atoms with Crippen molar-refractivity contribution in [2.24, 2.45) is 0 Å². The molecule has 0 bridgehead atoms. The standard InChI is InChI=1S/C6HCl5O4S.Cu.H2O/c7-1-2(8)4(10)6(5(11)3(1)9)15-16(12,13)14;;/h(H,12,13,14);;1H2. The zero-order valence-corrected chi connectivity index (χ0v) is 13.3. The minimum absolute atomic E-state index is 0. The molecule has 12 heteroatoms. The first-order chi connectivity index (χ1) is 7.15. The maximum atomic E-state index is 10.5. The molecular weight excluding hydrogens is 425 g/mol. The molecule has 1 aromatic rings. The van der Waals surface area contributed by atoms with Gasteiger partial charge < -0.3 is 9.66 Å². The van der Waals surface area contributed by atoms with Gasteiger partial charge in [0.05, 0.1) is 15.1 Å². The van der Waals surface area contributed by atoms with Gasteiger partial charge >= 0.3 is 10.4 Å². The van der Waals surface area contributed by atoms with E-state index in [0.717, 1.165) is 0 Å². The molecule has 0 aromatic heterocycles. The molecule has 1 radical (unpaired) electrons. The summed E-state index contributed by atoms with van der Waals surface area (Å²) in [5.41, 5.74) is 0. The van der Waals surface area contributed by atoms with E-state index in [-0.39, 0.29) is 47.7 Å². The fourth-order valence-electron chi connectivity index (χ4n) is 0.763. The maximum Gasteiger partial charge on any atom is 0.446 e. The largest absolute Gasteiger partial charge is 0.446 e. The number of hydrogen-bond acceptors (Lipinski definition) is 3. The molecule has 5 nitrogen and oxygen atoms in total. The maximum absolute atomic E-state index is 10.5. The number of rotatable bonds is 2. The Morgan fingerprint density at radius 2 is 1.11 bits per heavy atom. The van der Waals surface area contributed by atoms with Crippen molar-refractivity contribution in [2.45, 2.75) is 0 Å². The second-order valence-corrected chi connectivity index (χ2v) is 5.32. The minimum atomic E-state index is -4.80. The van der Waals surface area contributed by atoms with Crippen LogP contribution < -0.4 is 4.18 Å². The first-order valence-corrected chi connectivity index (χ1v) is 6.59. The number of halogens is 5. The van der Waals surface area contributed by atoms with Gasteiger partial charge in [-0.3, -0.25) is 4.55 Å². The van der Waals surface area contributed by atoms with E-state index in [1.54, 1.807) is 0 Å². The minimum Gasteiger partial charge on any atom is -0.412 e. The summed E-state index contributed by atoms with van der Waals surface area (Å²) in [6, 6.07) is 0. The van der Waals surface area contributed by atoms with Crippen LogP contribution in [0.5, 0.6) is 5.75 Å². The third kappa shape index (κ3) is 4.76. The van der Waals surface area contributed by atoms with Crippen LogP contribution in [0.3, 0.4) is 0 Å². The summed E-state index contributed by atoms with van der Waals surface area (Å²) in [5.74, 6) is -0.592. The van der Waals surface area contributed by atoms with Gasteiger partial charge in [0, 0.05) is 17.1 Å². The molecule has 0 aliphatic heterocycles. The van der Waals surface area contributed by atoms with Gasteiger partial charge in [0.1, 0.15) is 10.0 Å². The monoisotopic (exact) mass is 425 g/mol. The molecule has 3 N–H and O–H groups in total. The van der Waals surface area contributed by atoms with Crippen LogP contribution in [0.25, 0.3) is 0 Å². The molecule has 18 heavy (non-hydrogen) atoms. The molecular formula is C6H3Cl5CuO5S. The average molecular weight is 428 g/mol. The summed E-state index contributed by atoms with van der Waals surface area (Å²) >= 11 is 28.1. The summed E-state index contributed by atoms with van der Waals surface area (Å²) in [6.45, 7) is 0. The van der Waals surface area contributed by atoms with Crippen LogP contribution in [0.4, 0.5) is 0 Å². The Morgan fingerprint density at radius 3 is 1.39 bits per heavy atom. The van der Waals surface area contributed by atoms with Crippen molar-refractivity contribution >= 4 is 68.4 Å². The predicted octanol–water partition coefficient (Wildman–Crippen LogP) is 3.31. The quantitative estimate of drug-likeness (QED) is 0.339. The van der Waals surface area contributed by atoms with Crippen LogP contribution in [0.15, 0.2) is 0 Å². The average Bonchev–Trinajstić information content (AvgIpc) is 2.17. The van der Waals surface area contributed by atoms with E-state index in [2.05, 4.69) is 4.18 Å². The molecule has 1 rings (SSSR count). The zero-order chi connectivity index (χ0) is 12.7. The smallest absolute Gasteiger partial charge is 0.412 e. The van der Waals surface area contributed by atoms with E-state index in [9.17, 15) is 8.42 Å². The van der Waals surface area contributed by atoms with E-state index >= 15 is 0 Å². The van der Waals surface area contributed by atoms with E-state index in [4.69, 9.17) is 62.6 Å². The van der Waals surface area contributed by atoms with Gasteiger partial charge in [0.15, 0.2) is 5.75 Å². The Hall–Kier alpha value is 0.859. The third-order valence-corrected chi connectivity index (χ3v) is 3.98. The molecule has 0 aliphatic carbocycles. The van der Waals surface area contributed by atoms with Crippen molar-refractivity contribution in [3.8, 4) is 5.75 Å². The Labute approximate surface area is 138 Å². The molecule has 109 valence electrons. The summed E-state index contributed by atoms with van der Waals surface area (Å²) in [4.78, 5) is 0. The van der Waals surface area contributed by atoms with Gasteiger partial charge in [0.25, 0.3) is 0 Å². The second kappa shape index (κ2) is 7.59. The molecule has 0 amide bonds. The van der Waals surface area contributed by atoms with Crippen LogP contribution >= 0.6 is 58.0 Å². The predicted molar refractivity (Wildman–Crippen MR) is 67.3 cm³/mol. The van der Waals surface area contributed by atoms with Crippen molar-refractivity contribution in [3.05, 3.63) is 25.1 Å². The molecule has 0 saturated heterocycles. The van der Waals surface area contributed by atoms with Crippen LogP contribution in [-0.2, 0) is 27.5 Å². The first-order valence-electron chi connectivity index (χ1n) is 3.33. The van der Waals surface area contributed by atoms with Crippen LogP contribution in [0.2, 0.25) is 25.1 Å².